The molecule has 45 heavy (non-hydrogen) atoms. The molecule has 2 N–H and O–H groups in total. The van der Waals surface area contributed by atoms with Crippen LogP contribution in [-0.2, 0) is 16.1 Å². The summed E-state index contributed by atoms with van der Waals surface area (Å²) >= 11 is 10.4. The van der Waals surface area contributed by atoms with Gasteiger partial charge in [0.1, 0.15) is 0 Å². The van der Waals surface area contributed by atoms with E-state index in [-0.39, 0.29) is 23.3 Å². The van der Waals surface area contributed by atoms with Crippen LogP contribution in [0.15, 0.2) is 107 Å². The number of nitrogens with one attached hydrogen (secondary N) is 2. The Bertz CT molecular complexity index is 1960. The number of rotatable bonds is 11. The molecular formula is C33H27ClN6O2S3. The molecule has 0 aliphatic heterocycles. The highest BCUT2D eigenvalue weighted by Gasteiger charge is 2.17. The standard InChI is InChI=1S/C33H27ClN6O2S3/c1-21-12-13-24(16-26(21)34)35-30(42)20-44-33-37-27-15-14-25(17-28(27)45-33)36-29(41)19-43-32-39-38-31(23-10-6-3-7-11-23)40(32)18-22-8-4-2-5-9-22/h2-17H,18-20H2,1H3,(H,35,42)(H,36,41). The zero-order chi connectivity index (χ0) is 31.2. The minimum Gasteiger partial charge on any atom is -0.325 e. The normalized spacial score (nSPS) is 11.1. The number of hydrogen-bond acceptors (Lipinski definition) is 8. The fraction of sp³-hybridized carbons (Fsp3) is 0.121. The number of nitrogens with zero attached hydrogens (tertiary/aromatic N) is 4. The lowest BCUT2D eigenvalue weighted by Gasteiger charge is -2.11. The number of amides is 2. The van der Waals surface area contributed by atoms with Crippen LogP contribution < -0.4 is 10.6 Å². The maximum atomic E-state index is 13.0. The van der Waals surface area contributed by atoms with Crippen molar-refractivity contribution >= 4 is 79.9 Å². The number of anilines is 2. The monoisotopic (exact) mass is 670 g/mol. The van der Waals surface area contributed by atoms with Gasteiger partial charge in [-0.25, -0.2) is 4.98 Å². The van der Waals surface area contributed by atoms with Gasteiger partial charge in [0.15, 0.2) is 15.3 Å². The van der Waals surface area contributed by atoms with Crippen molar-refractivity contribution in [3.05, 3.63) is 113 Å². The van der Waals surface area contributed by atoms with Crippen molar-refractivity contribution in [2.24, 2.45) is 0 Å². The largest absolute Gasteiger partial charge is 0.325 e. The Morgan fingerprint density at radius 1 is 0.822 bits per heavy atom. The lowest BCUT2D eigenvalue weighted by molar-refractivity contribution is -0.114. The van der Waals surface area contributed by atoms with Gasteiger partial charge in [-0.05, 0) is 48.4 Å². The number of carbonyl (C=O) groups is 2. The van der Waals surface area contributed by atoms with Gasteiger partial charge in [0, 0.05) is 22.0 Å². The fourth-order valence-corrected chi connectivity index (χ4v) is 7.30. The van der Waals surface area contributed by atoms with Gasteiger partial charge >= 0.3 is 0 Å². The van der Waals surface area contributed by atoms with Crippen LogP contribution in [0.2, 0.25) is 5.02 Å². The maximum Gasteiger partial charge on any atom is 0.234 e. The first-order valence-electron chi connectivity index (χ1n) is 14.0. The summed E-state index contributed by atoms with van der Waals surface area (Å²) in [5, 5.41) is 16.0. The Balaban J connectivity index is 1.07. The van der Waals surface area contributed by atoms with Gasteiger partial charge in [0.2, 0.25) is 11.8 Å². The van der Waals surface area contributed by atoms with Crippen molar-refractivity contribution in [3.63, 3.8) is 0 Å². The van der Waals surface area contributed by atoms with Gasteiger partial charge in [0.25, 0.3) is 0 Å². The number of thioether (sulfide) groups is 2. The second-order valence-corrected chi connectivity index (χ2v) is 13.6. The molecule has 226 valence electrons. The Morgan fingerprint density at radius 2 is 1.49 bits per heavy atom. The van der Waals surface area contributed by atoms with E-state index >= 15 is 0 Å². The third-order valence-electron chi connectivity index (χ3n) is 6.70. The Labute approximate surface area is 277 Å². The highest BCUT2D eigenvalue weighted by molar-refractivity contribution is 8.01. The predicted molar refractivity (Wildman–Crippen MR) is 186 cm³/mol. The summed E-state index contributed by atoms with van der Waals surface area (Å²) in [5.74, 6) is 0.850. The van der Waals surface area contributed by atoms with Crippen molar-refractivity contribution in [2.45, 2.75) is 23.0 Å². The Morgan fingerprint density at radius 3 is 2.22 bits per heavy atom. The molecule has 0 saturated carbocycles. The molecule has 4 aromatic carbocycles. The average molecular weight is 671 g/mol. The lowest BCUT2D eigenvalue weighted by Crippen LogP contribution is -2.14. The van der Waals surface area contributed by atoms with E-state index in [2.05, 4.69) is 37.9 Å². The number of fused-ring (bicyclic) bond motifs is 1. The lowest BCUT2D eigenvalue weighted by atomic mass is 10.2. The van der Waals surface area contributed by atoms with E-state index in [1.165, 1.54) is 34.9 Å². The highest BCUT2D eigenvalue weighted by atomic mass is 35.5. The molecule has 8 nitrogen and oxygen atoms in total. The number of thiazole rings is 1. The average Bonchev–Trinajstić information content (AvgIpc) is 3.65. The predicted octanol–water partition coefficient (Wildman–Crippen LogP) is 8.03. The first kappa shape index (κ1) is 30.8. The molecule has 0 bridgehead atoms. The Hall–Kier alpha value is -4.16. The van der Waals surface area contributed by atoms with Crippen molar-refractivity contribution in [1.29, 1.82) is 0 Å². The molecule has 0 aliphatic rings. The number of aryl methyl sites for hydroxylation is 1. The molecular weight excluding hydrogens is 644 g/mol. The maximum absolute atomic E-state index is 13.0. The molecule has 6 aromatic rings. The van der Waals surface area contributed by atoms with Crippen LogP contribution in [0.3, 0.4) is 0 Å². The second kappa shape index (κ2) is 14.3. The number of hydrogen-bond donors (Lipinski definition) is 2. The van der Waals surface area contributed by atoms with Gasteiger partial charge in [-0.15, -0.1) is 21.5 Å². The third kappa shape index (κ3) is 7.93. The molecule has 0 fully saturated rings. The minimum absolute atomic E-state index is 0.139. The molecule has 6 rings (SSSR count). The van der Waals surface area contributed by atoms with Crippen molar-refractivity contribution < 1.29 is 9.59 Å². The topological polar surface area (TPSA) is 102 Å². The summed E-state index contributed by atoms with van der Waals surface area (Å²) in [5.41, 5.74) is 5.18. The number of benzene rings is 4. The molecule has 2 heterocycles. The first-order valence-corrected chi connectivity index (χ1v) is 17.1. The highest BCUT2D eigenvalue weighted by Crippen LogP contribution is 2.32. The van der Waals surface area contributed by atoms with Gasteiger partial charge in [-0.1, -0.05) is 102 Å². The molecule has 2 aromatic heterocycles. The Kier molecular flexibility index (Phi) is 9.80. The van der Waals surface area contributed by atoms with E-state index < -0.39 is 0 Å². The summed E-state index contributed by atoms with van der Waals surface area (Å²) in [4.78, 5) is 30.1. The van der Waals surface area contributed by atoms with E-state index in [0.29, 0.717) is 28.1 Å². The van der Waals surface area contributed by atoms with E-state index in [1.807, 2.05) is 90.4 Å². The molecule has 0 unspecified atom stereocenters. The van der Waals surface area contributed by atoms with Crippen molar-refractivity contribution in [1.82, 2.24) is 19.7 Å². The third-order valence-corrected chi connectivity index (χ3v) is 10.2. The zero-order valence-electron chi connectivity index (χ0n) is 24.1. The number of halogens is 1. The number of aromatic nitrogens is 4. The molecule has 2 amide bonds. The van der Waals surface area contributed by atoms with Crippen LogP contribution >= 0.6 is 46.5 Å². The van der Waals surface area contributed by atoms with Crippen LogP contribution in [0.25, 0.3) is 21.6 Å². The van der Waals surface area contributed by atoms with E-state index in [1.54, 1.807) is 6.07 Å². The summed E-state index contributed by atoms with van der Waals surface area (Å²) in [6.07, 6.45) is 0. The zero-order valence-corrected chi connectivity index (χ0v) is 27.3. The smallest absolute Gasteiger partial charge is 0.234 e. The molecule has 12 heteroatoms. The molecule has 0 atom stereocenters. The summed E-state index contributed by atoms with van der Waals surface area (Å²) in [6, 6.07) is 31.1. The first-order chi connectivity index (χ1) is 21.9. The van der Waals surface area contributed by atoms with Crippen LogP contribution in [0.5, 0.6) is 0 Å². The molecule has 0 aliphatic carbocycles. The van der Waals surface area contributed by atoms with Crippen molar-refractivity contribution in [3.8, 4) is 11.4 Å². The van der Waals surface area contributed by atoms with Gasteiger partial charge in [-0.3, -0.25) is 14.2 Å². The van der Waals surface area contributed by atoms with Gasteiger partial charge < -0.3 is 10.6 Å². The summed E-state index contributed by atoms with van der Waals surface area (Å²) in [6.45, 7) is 2.50. The number of carbonyl (C=O) groups excluding carboxylic acids is 2. The summed E-state index contributed by atoms with van der Waals surface area (Å²) in [7, 11) is 0. The molecule has 0 saturated heterocycles. The van der Waals surface area contributed by atoms with Crippen molar-refractivity contribution in [2.75, 3.05) is 22.1 Å². The van der Waals surface area contributed by atoms with Crippen LogP contribution in [-0.4, -0.2) is 43.1 Å². The SMILES string of the molecule is Cc1ccc(NC(=O)CSc2nc3ccc(NC(=O)CSc4nnc(-c5ccccc5)n4Cc4ccccc4)cc3s2)cc1Cl. The second-order valence-electron chi connectivity index (χ2n) is 10.0. The van der Waals surface area contributed by atoms with E-state index in [9.17, 15) is 9.59 Å². The van der Waals surface area contributed by atoms with Crippen LogP contribution in [0, 0.1) is 6.92 Å². The quantitative estimate of drug-likeness (QED) is 0.135. The molecule has 0 spiro atoms. The fourth-order valence-electron chi connectivity index (χ4n) is 4.47. The van der Waals surface area contributed by atoms with E-state index in [0.717, 1.165) is 37.1 Å². The van der Waals surface area contributed by atoms with Gasteiger partial charge in [-0.2, -0.15) is 0 Å². The minimum atomic E-state index is -0.151. The summed E-state index contributed by atoms with van der Waals surface area (Å²) < 4.78 is 3.73. The van der Waals surface area contributed by atoms with Gasteiger partial charge in [0.05, 0.1) is 28.3 Å². The van der Waals surface area contributed by atoms with Crippen LogP contribution in [0.1, 0.15) is 11.1 Å². The molecule has 0 radical (unpaired) electrons. The van der Waals surface area contributed by atoms with E-state index in [4.69, 9.17) is 11.6 Å². The van der Waals surface area contributed by atoms with Crippen LogP contribution in [0.4, 0.5) is 11.4 Å².